The lowest BCUT2D eigenvalue weighted by Gasteiger charge is -2.39. The van der Waals surface area contributed by atoms with E-state index in [1.54, 1.807) is 7.11 Å². The first-order chi connectivity index (χ1) is 12.7. The standard InChI is InChI=1S/C22H19BrFNO/c1-26-20-10-11-21-16(14-20)12-13-25(19-8-6-18(24)7-9-19)22(21)15-2-4-17(23)5-3-15/h2-11,14,22H,12-13H2,1H3. The summed E-state index contributed by atoms with van der Waals surface area (Å²) in [4.78, 5) is 2.34. The molecule has 4 heteroatoms. The van der Waals surface area contributed by atoms with Crippen LogP contribution in [-0.2, 0) is 6.42 Å². The molecule has 1 unspecified atom stereocenters. The van der Waals surface area contributed by atoms with E-state index in [9.17, 15) is 4.39 Å². The van der Waals surface area contributed by atoms with Gasteiger partial charge in [0.05, 0.1) is 13.2 Å². The molecule has 3 aromatic carbocycles. The molecule has 0 N–H and O–H groups in total. The Kier molecular flexibility index (Phi) is 4.68. The monoisotopic (exact) mass is 411 g/mol. The Hall–Kier alpha value is -2.33. The van der Waals surface area contributed by atoms with Crippen LogP contribution in [0.15, 0.2) is 71.2 Å². The second-order valence-electron chi connectivity index (χ2n) is 6.44. The molecule has 0 aromatic heterocycles. The second-order valence-corrected chi connectivity index (χ2v) is 7.35. The van der Waals surface area contributed by atoms with Gasteiger partial charge >= 0.3 is 0 Å². The zero-order valence-electron chi connectivity index (χ0n) is 14.5. The molecule has 1 atom stereocenters. The number of nitrogens with zero attached hydrogens (tertiary/aromatic N) is 1. The summed E-state index contributed by atoms with van der Waals surface area (Å²) in [7, 11) is 1.70. The van der Waals surface area contributed by atoms with E-state index in [0.29, 0.717) is 0 Å². The van der Waals surface area contributed by atoms with Gasteiger partial charge in [-0.25, -0.2) is 4.39 Å². The Morgan fingerprint density at radius 3 is 2.42 bits per heavy atom. The van der Waals surface area contributed by atoms with E-state index in [1.807, 2.05) is 18.2 Å². The van der Waals surface area contributed by atoms with Gasteiger partial charge in [-0.1, -0.05) is 34.1 Å². The molecule has 2 nitrogen and oxygen atoms in total. The maximum Gasteiger partial charge on any atom is 0.123 e. The van der Waals surface area contributed by atoms with Crippen LogP contribution in [0.2, 0.25) is 0 Å². The Morgan fingerprint density at radius 1 is 1.00 bits per heavy atom. The number of rotatable bonds is 3. The molecule has 0 radical (unpaired) electrons. The highest BCUT2D eigenvalue weighted by molar-refractivity contribution is 9.10. The van der Waals surface area contributed by atoms with Crippen molar-refractivity contribution in [2.45, 2.75) is 12.5 Å². The van der Waals surface area contributed by atoms with E-state index in [2.05, 4.69) is 57.2 Å². The van der Waals surface area contributed by atoms with Crippen molar-refractivity contribution < 1.29 is 9.13 Å². The lowest BCUT2D eigenvalue weighted by Crippen LogP contribution is -2.36. The van der Waals surface area contributed by atoms with Crippen LogP contribution in [0.1, 0.15) is 22.7 Å². The van der Waals surface area contributed by atoms with Crippen LogP contribution in [0, 0.1) is 5.82 Å². The van der Waals surface area contributed by atoms with Crippen LogP contribution in [0.3, 0.4) is 0 Å². The summed E-state index contributed by atoms with van der Waals surface area (Å²) in [6.45, 7) is 0.868. The fourth-order valence-corrected chi connectivity index (χ4v) is 3.91. The zero-order chi connectivity index (χ0) is 18.1. The van der Waals surface area contributed by atoms with E-state index in [1.165, 1.54) is 28.8 Å². The van der Waals surface area contributed by atoms with E-state index in [0.717, 1.165) is 28.9 Å². The average molecular weight is 412 g/mol. The summed E-state index contributed by atoms with van der Waals surface area (Å²) in [5.74, 6) is 0.671. The SMILES string of the molecule is COc1ccc2c(c1)CCN(c1ccc(F)cc1)C2c1ccc(Br)cc1. The van der Waals surface area contributed by atoms with Crippen molar-refractivity contribution in [2.75, 3.05) is 18.6 Å². The normalized spacial score (nSPS) is 16.3. The van der Waals surface area contributed by atoms with Crippen LogP contribution in [0.4, 0.5) is 10.1 Å². The van der Waals surface area contributed by atoms with Crippen molar-refractivity contribution in [3.8, 4) is 5.75 Å². The molecular weight excluding hydrogens is 393 g/mol. The van der Waals surface area contributed by atoms with E-state index in [4.69, 9.17) is 4.74 Å². The predicted octanol–water partition coefficient (Wildman–Crippen LogP) is 5.75. The molecule has 0 amide bonds. The number of methoxy groups -OCH3 is 1. The van der Waals surface area contributed by atoms with Gasteiger partial charge in [0.15, 0.2) is 0 Å². The minimum Gasteiger partial charge on any atom is -0.497 e. The zero-order valence-corrected chi connectivity index (χ0v) is 16.0. The van der Waals surface area contributed by atoms with Gasteiger partial charge in [0.1, 0.15) is 11.6 Å². The summed E-state index contributed by atoms with van der Waals surface area (Å²) < 4.78 is 19.9. The molecule has 0 aliphatic carbocycles. The molecule has 0 spiro atoms. The molecule has 1 aliphatic rings. The van der Waals surface area contributed by atoms with Crippen molar-refractivity contribution in [3.05, 3.63) is 93.7 Å². The smallest absolute Gasteiger partial charge is 0.123 e. The van der Waals surface area contributed by atoms with Crippen molar-refractivity contribution in [2.24, 2.45) is 0 Å². The highest BCUT2D eigenvalue weighted by Gasteiger charge is 2.29. The van der Waals surface area contributed by atoms with Crippen LogP contribution >= 0.6 is 15.9 Å². The van der Waals surface area contributed by atoms with Gasteiger partial charge in [0, 0.05) is 16.7 Å². The molecule has 4 rings (SSSR count). The molecule has 0 saturated heterocycles. The molecule has 0 saturated carbocycles. The number of halogens is 2. The first kappa shape index (κ1) is 17.1. The topological polar surface area (TPSA) is 12.5 Å². The van der Waals surface area contributed by atoms with Gasteiger partial charge < -0.3 is 9.64 Å². The summed E-state index contributed by atoms with van der Waals surface area (Å²) >= 11 is 3.52. The van der Waals surface area contributed by atoms with E-state index in [-0.39, 0.29) is 11.9 Å². The maximum atomic E-state index is 13.4. The van der Waals surface area contributed by atoms with Crippen molar-refractivity contribution >= 4 is 21.6 Å². The molecule has 26 heavy (non-hydrogen) atoms. The number of hydrogen-bond donors (Lipinski definition) is 0. The van der Waals surface area contributed by atoms with Crippen LogP contribution in [0.25, 0.3) is 0 Å². The molecule has 1 heterocycles. The Balaban J connectivity index is 1.83. The van der Waals surface area contributed by atoms with Gasteiger partial charge in [-0.05, 0) is 71.6 Å². The minimum absolute atomic E-state index is 0.0863. The van der Waals surface area contributed by atoms with Crippen LogP contribution < -0.4 is 9.64 Å². The van der Waals surface area contributed by atoms with Crippen LogP contribution in [-0.4, -0.2) is 13.7 Å². The quantitative estimate of drug-likeness (QED) is 0.543. The highest BCUT2D eigenvalue weighted by Crippen LogP contribution is 2.39. The average Bonchev–Trinajstić information content (AvgIpc) is 2.68. The summed E-state index contributed by atoms with van der Waals surface area (Å²) in [5.41, 5.74) is 4.81. The third kappa shape index (κ3) is 3.21. The van der Waals surface area contributed by atoms with Gasteiger partial charge in [-0.3, -0.25) is 0 Å². The largest absolute Gasteiger partial charge is 0.497 e. The molecule has 0 fully saturated rings. The van der Waals surface area contributed by atoms with E-state index >= 15 is 0 Å². The van der Waals surface area contributed by atoms with E-state index < -0.39 is 0 Å². The first-order valence-corrected chi connectivity index (χ1v) is 9.39. The van der Waals surface area contributed by atoms with Gasteiger partial charge in [-0.2, -0.15) is 0 Å². The lowest BCUT2D eigenvalue weighted by molar-refractivity contribution is 0.413. The summed E-state index contributed by atoms with van der Waals surface area (Å²) in [6.07, 6.45) is 0.928. The molecule has 0 bridgehead atoms. The van der Waals surface area contributed by atoms with Crippen molar-refractivity contribution in [1.82, 2.24) is 0 Å². The summed E-state index contributed by atoms with van der Waals surface area (Å²) in [6, 6.07) is 21.6. The number of benzene rings is 3. The van der Waals surface area contributed by atoms with Gasteiger partial charge in [0.25, 0.3) is 0 Å². The fourth-order valence-electron chi connectivity index (χ4n) is 3.65. The molecule has 3 aromatic rings. The Labute approximate surface area is 161 Å². The minimum atomic E-state index is -0.212. The van der Waals surface area contributed by atoms with Gasteiger partial charge in [0.2, 0.25) is 0 Å². The molecule has 132 valence electrons. The third-order valence-corrected chi connectivity index (χ3v) is 5.45. The molecule has 1 aliphatic heterocycles. The van der Waals surface area contributed by atoms with Crippen LogP contribution in [0.5, 0.6) is 5.75 Å². The Bertz CT molecular complexity index is 908. The highest BCUT2D eigenvalue weighted by atomic mass is 79.9. The lowest BCUT2D eigenvalue weighted by atomic mass is 9.87. The third-order valence-electron chi connectivity index (χ3n) is 4.92. The van der Waals surface area contributed by atoms with Gasteiger partial charge in [-0.15, -0.1) is 0 Å². The number of fused-ring (bicyclic) bond motifs is 1. The number of hydrogen-bond acceptors (Lipinski definition) is 2. The second kappa shape index (κ2) is 7.12. The number of ether oxygens (including phenoxy) is 1. The number of anilines is 1. The maximum absolute atomic E-state index is 13.4. The summed E-state index contributed by atoms with van der Waals surface area (Å²) in [5, 5.41) is 0. The predicted molar refractivity (Wildman–Crippen MR) is 106 cm³/mol. The fraction of sp³-hybridized carbons (Fsp3) is 0.182. The Morgan fingerprint density at radius 2 is 1.73 bits per heavy atom. The van der Waals surface area contributed by atoms with Crippen molar-refractivity contribution in [1.29, 1.82) is 0 Å². The van der Waals surface area contributed by atoms with Crippen molar-refractivity contribution in [3.63, 3.8) is 0 Å². The molecular formula is C22H19BrFNO. The first-order valence-electron chi connectivity index (χ1n) is 8.60.